The van der Waals surface area contributed by atoms with E-state index in [0.717, 1.165) is 11.5 Å². The third kappa shape index (κ3) is 3.94. The molecule has 1 aromatic heterocycles. The van der Waals surface area contributed by atoms with Gasteiger partial charge in [-0.15, -0.1) is 10.2 Å². The zero-order valence-corrected chi connectivity index (χ0v) is 15.1. The van der Waals surface area contributed by atoms with Crippen LogP contribution in [0.3, 0.4) is 0 Å². The smallest absolute Gasteiger partial charge is 0.276 e. The van der Waals surface area contributed by atoms with Gasteiger partial charge in [-0.2, -0.15) is 0 Å². The van der Waals surface area contributed by atoms with E-state index < -0.39 is 6.10 Å². The lowest BCUT2D eigenvalue weighted by molar-refractivity contribution is 0.0686. The molecule has 2 aromatic carbocycles. The Morgan fingerprint density at radius 1 is 1.08 bits per heavy atom. The molecule has 1 aliphatic rings. The monoisotopic (exact) mass is 370 g/mol. The summed E-state index contributed by atoms with van der Waals surface area (Å²) in [6.45, 7) is 2.95. The first-order valence-electron chi connectivity index (χ1n) is 8.32. The summed E-state index contributed by atoms with van der Waals surface area (Å²) in [6, 6.07) is 15.5. The number of ether oxygens (including phenoxy) is 3. The lowest BCUT2D eigenvalue weighted by Gasteiger charge is -2.23. The van der Waals surface area contributed by atoms with E-state index in [2.05, 4.69) is 10.2 Å². The molecular weight excluding hydrogens is 352 g/mol. The molecular formula is C19H18N2O4S. The van der Waals surface area contributed by atoms with Gasteiger partial charge in [0.05, 0.1) is 6.61 Å². The van der Waals surface area contributed by atoms with E-state index in [4.69, 9.17) is 18.6 Å². The first kappa shape index (κ1) is 16.8. The predicted molar refractivity (Wildman–Crippen MR) is 97.0 cm³/mol. The lowest BCUT2D eigenvalue weighted by atomic mass is 10.2. The molecule has 0 amide bonds. The first-order valence-corrected chi connectivity index (χ1v) is 9.30. The minimum atomic E-state index is -0.393. The quantitative estimate of drug-likeness (QED) is 0.479. The summed E-state index contributed by atoms with van der Waals surface area (Å²) < 4.78 is 22.9. The van der Waals surface area contributed by atoms with Crippen molar-refractivity contribution < 1.29 is 18.6 Å². The van der Waals surface area contributed by atoms with Crippen LogP contribution in [0.1, 0.15) is 17.6 Å². The molecule has 6 nitrogen and oxygen atoms in total. The Bertz CT molecular complexity index is 866. The van der Waals surface area contributed by atoms with Crippen LogP contribution in [-0.4, -0.2) is 29.2 Å². The van der Waals surface area contributed by atoms with E-state index in [-0.39, 0.29) is 0 Å². The van der Waals surface area contributed by atoms with E-state index in [9.17, 15) is 0 Å². The maximum absolute atomic E-state index is 5.87. The molecule has 4 rings (SSSR count). The van der Waals surface area contributed by atoms with Crippen molar-refractivity contribution in [3.05, 3.63) is 60.0 Å². The summed E-state index contributed by atoms with van der Waals surface area (Å²) in [5.41, 5.74) is 1.21. The molecule has 0 aliphatic carbocycles. The molecule has 0 saturated heterocycles. The fraction of sp³-hybridized carbons (Fsp3) is 0.263. The first-order chi connectivity index (χ1) is 12.8. The maximum Gasteiger partial charge on any atom is 0.276 e. The minimum absolute atomic E-state index is 0.347. The van der Waals surface area contributed by atoms with Gasteiger partial charge >= 0.3 is 0 Å². The van der Waals surface area contributed by atoms with Crippen LogP contribution >= 0.6 is 11.8 Å². The molecule has 0 bridgehead atoms. The highest BCUT2D eigenvalue weighted by Crippen LogP contribution is 2.35. The highest BCUT2D eigenvalue weighted by molar-refractivity contribution is 7.99. The molecule has 7 heteroatoms. The van der Waals surface area contributed by atoms with Gasteiger partial charge in [0.2, 0.25) is 6.10 Å². The predicted octanol–water partition coefficient (Wildman–Crippen LogP) is 4.06. The number of rotatable bonds is 6. The van der Waals surface area contributed by atoms with Gasteiger partial charge in [-0.25, -0.2) is 0 Å². The number of aromatic nitrogens is 2. The van der Waals surface area contributed by atoms with Gasteiger partial charge < -0.3 is 18.6 Å². The van der Waals surface area contributed by atoms with Crippen molar-refractivity contribution >= 4 is 11.8 Å². The van der Waals surface area contributed by atoms with Crippen LogP contribution in [-0.2, 0) is 0 Å². The summed E-state index contributed by atoms with van der Waals surface area (Å²) >= 11 is 1.45. The SMILES string of the molecule is Cc1ccc(OCCSc2nnc(C3COc4ccccc4O3)o2)cc1. The van der Waals surface area contributed by atoms with Crippen molar-refractivity contribution in [3.63, 3.8) is 0 Å². The Morgan fingerprint density at radius 2 is 1.88 bits per heavy atom. The Hall–Kier alpha value is -2.67. The molecule has 0 saturated carbocycles. The van der Waals surface area contributed by atoms with Crippen LogP contribution in [0.25, 0.3) is 0 Å². The second-order valence-corrected chi connectivity index (χ2v) is 6.83. The normalized spacial score (nSPS) is 15.7. The van der Waals surface area contributed by atoms with Gasteiger partial charge in [0, 0.05) is 5.75 Å². The molecule has 26 heavy (non-hydrogen) atoms. The molecule has 1 aliphatic heterocycles. The molecule has 0 radical (unpaired) electrons. The third-order valence-corrected chi connectivity index (χ3v) is 4.59. The van der Waals surface area contributed by atoms with Crippen LogP contribution < -0.4 is 14.2 Å². The molecule has 0 spiro atoms. The van der Waals surface area contributed by atoms with Crippen LogP contribution in [0.5, 0.6) is 17.2 Å². The van der Waals surface area contributed by atoms with Crippen molar-refractivity contribution in [2.45, 2.75) is 18.3 Å². The zero-order chi connectivity index (χ0) is 17.8. The fourth-order valence-corrected chi connectivity index (χ4v) is 3.06. The molecule has 3 aromatic rings. The number of fused-ring (bicyclic) bond motifs is 1. The fourth-order valence-electron chi connectivity index (χ4n) is 2.47. The second kappa shape index (κ2) is 7.70. The van der Waals surface area contributed by atoms with Crippen LogP contribution in [0.4, 0.5) is 0 Å². The summed E-state index contributed by atoms with van der Waals surface area (Å²) in [6.07, 6.45) is -0.393. The van der Waals surface area contributed by atoms with Crippen molar-refractivity contribution in [3.8, 4) is 17.2 Å². The van der Waals surface area contributed by atoms with E-state index in [1.807, 2.05) is 55.5 Å². The number of hydrogen-bond donors (Lipinski definition) is 0. The van der Waals surface area contributed by atoms with Crippen LogP contribution in [0, 0.1) is 6.92 Å². The van der Waals surface area contributed by atoms with E-state index in [1.165, 1.54) is 17.3 Å². The van der Waals surface area contributed by atoms with Gasteiger partial charge in [-0.05, 0) is 31.2 Å². The van der Waals surface area contributed by atoms with Crippen LogP contribution in [0.2, 0.25) is 0 Å². The summed E-state index contributed by atoms with van der Waals surface area (Å²) in [7, 11) is 0. The highest BCUT2D eigenvalue weighted by atomic mass is 32.2. The molecule has 0 fully saturated rings. The number of thioether (sulfide) groups is 1. The van der Waals surface area contributed by atoms with Crippen LogP contribution in [0.15, 0.2) is 58.2 Å². The Kier molecular flexibility index (Phi) is 4.97. The van der Waals surface area contributed by atoms with Crippen molar-refractivity contribution in [2.24, 2.45) is 0 Å². The number of benzene rings is 2. The van der Waals surface area contributed by atoms with E-state index in [1.54, 1.807) is 0 Å². The third-order valence-electron chi connectivity index (χ3n) is 3.80. The Labute approximate surface area is 155 Å². The van der Waals surface area contributed by atoms with E-state index in [0.29, 0.717) is 35.8 Å². The zero-order valence-electron chi connectivity index (χ0n) is 14.3. The topological polar surface area (TPSA) is 66.6 Å². The molecule has 0 N–H and O–H groups in total. The number of para-hydroxylation sites is 2. The van der Waals surface area contributed by atoms with Gasteiger partial charge in [-0.3, -0.25) is 0 Å². The summed E-state index contributed by atoms with van der Waals surface area (Å²) in [5.74, 6) is 3.39. The number of hydrogen-bond acceptors (Lipinski definition) is 7. The molecule has 1 atom stereocenters. The summed E-state index contributed by atoms with van der Waals surface area (Å²) in [5, 5.41) is 8.63. The van der Waals surface area contributed by atoms with Gasteiger partial charge in [-0.1, -0.05) is 41.6 Å². The van der Waals surface area contributed by atoms with Crippen molar-refractivity contribution in [2.75, 3.05) is 19.0 Å². The standard InChI is InChI=1S/C19H18N2O4S/c1-13-6-8-14(9-7-13)22-10-11-26-19-21-20-18(25-19)17-12-23-15-4-2-3-5-16(15)24-17/h2-9,17H,10-12H2,1H3. The van der Waals surface area contributed by atoms with Gasteiger partial charge in [0.15, 0.2) is 11.5 Å². The Balaban J connectivity index is 1.28. The highest BCUT2D eigenvalue weighted by Gasteiger charge is 2.27. The molecule has 1 unspecified atom stereocenters. The van der Waals surface area contributed by atoms with Gasteiger partial charge in [0.25, 0.3) is 11.1 Å². The van der Waals surface area contributed by atoms with Crippen molar-refractivity contribution in [1.29, 1.82) is 0 Å². The average molecular weight is 370 g/mol. The van der Waals surface area contributed by atoms with E-state index >= 15 is 0 Å². The van der Waals surface area contributed by atoms with Crippen molar-refractivity contribution in [1.82, 2.24) is 10.2 Å². The molecule has 134 valence electrons. The number of nitrogens with zero attached hydrogens (tertiary/aromatic N) is 2. The summed E-state index contributed by atoms with van der Waals surface area (Å²) in [4.78, 5) is 0. The largest absolute Gasteiger partial charge is 0.493 e. The average Bonchev–Trinajstić information content (AvgIpc) is 3.15. The minimum Gasteiger partial charge on any atom is -0.493 e. The molecule has 2 heterocycles. The maximum atomic E-state index is 5.87. The van der Waals surface area contributed by atoms with Gasteiger partial charge in [0.1, 0.15) is 12.4 Å². The second-order valence-electron chi connectivity index (χ2n) is 5.78. The Morgan fingerprint density at radius 3 is 2.73 bits per heavy atom. The lowest BCUT2D eigenvalue weighted by Crippen LogP contribution is -2.21. The number of aryl methyl sites for hydroxylation is 1.